The summed E-state index contributed by atoms with van der Waals surface area (Å²) in [7, 11) is 0. The third kappa shape index (κ3) is 4.41. The number of hydrogen-bond acceptors (Lipinski definition) is 4. The van der Waals surface area contributed by atoms with E-state index >= 15 is 0 Å². The van der Waals surface area contributed by atoms with Crippen LogP contribution >= 0.6 is 11.3 Å². The molecule has 0 aliphatic rings. The number of benzene rings is 1. The van der Waals surface area contributed by atoms with Crippen molar-refractivity contribution in [3.8, 4) is 0 Å². The van der Waals surface area contributed by atoms with Crippen LogP contribution in [0.15, 0.2) is 41.1 Å². The summed E-state index contributed by atoms with van der Waals surface area (Å²) in [6.07, 6.45) is 0. The lowest BCUT2D eigenvalue weighted by molar-refractivity contribution is 0.0947. The second-order valence-corrected chi connectivity index (χ2v) is 6.46. The van der Waals surface area contributed by atoms with Gasteiger partial charge in [0.2, 0.25) is 0 Å². The fourth-order valence-electron chi connectivity index (χ4n) is 1.78. The Balaban J connectivity index is 2.13. The number of para-hydroxylation sites is 1. The van der Waals surface area contributed by atoms with Crippen molar-refractivity contribution in [2.75, 3.05) is 11.9 Å². The number of nitrogens with one attached hydrogen (secondary N) is 2. The Hall–Kier alpha value is -2.18. The highest BCUT2D eigenvalue weighted by atomic mass is 32.1. The van der Waals surface area contributed by atoms with Gasteiger partial charge in [0.05, 0.1) is 16.8 Å². The molecule has 5 nitrogen and oxygen atoms in total. The van der Waals surface area contributed by atoms with E-state index in [4.69, 9.17) is 5.73 Å². The van der Waals surface area contributed by atoms with Gasteiger partial charge in [0.15, 0.2) is 0 Å². The molecule has 0 aliphatic heterocycles. The van der Waals surface area contributed by atoms with Crippen molar-refractivity contribution in [1.29, 1.82) is 0 Å². The average molecular weight is 317 g/mol. The Kier molecular flexibility index (Phi) is 4.95. The fourth-order valence-corrected chi connectivity index (χ4v) is 2.42. The van der Waals surface area contributed by atoms with Gasteiger partial charge in [-0.1, -0.05) is 12.1 Å². The summed E-state index contributed by atoms with van der Waals surface area (Å²) < 4.78 is 0. The number of carbonyl (C=O) groups is 2. The number of rotatable bonds is 5. The molecule has 6 heteroatoms. The molecule has 0 unspecified atom stereocenters. The maximum atomic E-state index is 12.3. The third-order valence-electron chi connectivity index (χ3n) is 2.91. The Labute approximate surface area is 133 Å². The maximum absolute atomic E-state index is 12.3. The van der Waals surface area contributed by atoms with Crippen molar-refractivity contribution in [3.63, 3.8) is 0 Å². The van der Waals surface area contributed by atoms with Crippen LogP contribution in [0.4, 0.5) is 5.69 Å². The van der Waals surface area contributed by atoms with Gasteiger partial charge < -0.3 is 16.4 Å². The standard InChI is InChI=1S/C16H19N3O2S/c1-16(2,17)10-18-15(21)12-5-3-4-6-13(12)19-14(20)11-7-8-22-9-11/h3-9H,10,17H2,1-2H3,(H,18,21)(H,19,20). The van der Waals surface area contributed by atoms with E-state index in [1.807, 2.05) is 19.2 Å². The Morgan fingerprint density at radius 3 is 2.55 bits per heavy atom. The largest absolute Gasteiger partial charge is 0.350 e. The van der Waals surface area contributed by atoms with E-state index in [-0.39, 0.29) is 11.8 Å². The van der Waals surface area contributed by atoms with Crippen molar-refractivity contribution in [2.24, 2.45) is 5.73 Å². The first-order valence-corrected chi connectivity index (χ1v) is 7.81. The van der Waals surface area contributed by atoms with Crippen LogP contribution in [-0.4, -0.2) is 23.9 Å². The molecule has 2 aromatic rings. The van der Waals surface area contributed by atoms with Crippen LogP contribution in [0.2, 0.25) is 0 Å². The van der Waals surface area contributed by atoms with Crippen molar-refractivity contribution >= 4 is 28.8 Å². The highest BCUT2D eigenvalue weighted by molar-refractivity contribution is 7.08. The summed E-state index contributed by atoms with van der Waals surface area (Å²) in [6.45, 7) is 4.01. The minimum atomic E-state index is -0.496. The second-order valence-electron chi connectivity index (χ2n) is 5.68. The lowest BCUT2D eigenvalue weighted by Crippen LogP contribution is -2.45. The first kappa shape index (κ1) is 16.2. The van der Waals surface area contributed by atoms with E-state index in [9.17, 15) is 9.59 Å². The number of hydrogen-bond donors (Lipinski definition) is 3. The molecule has 0 saturated carbocycles. The number of nitrogens with two attached hydrogens (primary N) is 1. The van der Waals surface area contributed by atoms with E-state index in [1.165, 1.54) is 11.3 Å². The van der Waals surface area contributed by atoms with Gasteiger partial charge in [0.1, 0.15) is 0 Å². The molecule has 1 heterocycles. The molecule has 2 rings (SSSR count). The normalized spacial score (nSPS) is 11.0. The Morgan fingerprint density at radius 2 is 1.91 bits per heavy atom. The van der Waals surface area contributed by atoms with Gasteiger partial charge in [0.25, 0.3) is 11.8 Å². The monoisotopic (exact) mass is 317 g/mol. The van der Waals surface area contributed by atoms with Crippen molar-refractivity contribution < 1.29 is 9.59 Å². The molecule has 0 aliphatic carbocycles. The molecule has 0 fully saturated rings. The van der Waals surface area contributed by atoms with Gasteiger partial charge in [0, 0.05) is 17.5 Å². The van der Waals surface area contributed by atoms with Gasteiger partial charge in [-0.05, 0) is 37.4 Å². The van der Waals surface area contributed by atoms with Crippen molar-refractivity contribution in [3.05, 3.63) is 52.2 Å². The van der Waals surface area contributed by atoms with Gasteiger partial charge in [-0.25, -0.2) is 0 Å². The molecular formula is C16H19N3O2S. The predicted molar refractivity (Wildman–Crippen MR) is 89.3 cm³/mol. The van der Waals surface area contributed by atoms with E-state index in [0.717, 1.165) is 0 Å². The van der Waals surface area contributed by atoms with Crippen LogP contribution in [0.5, 0.6) is 0 Å². The van der Waals surface area contributed by atoms with E-state index in [1.54, 1.807) is 35.7 Å². The van der Waals surface area contributed by atoms with Crippen LogP contribution in [0.1, 0.15) is 34.6 Å². The zero-order valence-electron chi connectivity index (χ0n) is 12.6. The van der Waals surface area contributed by atoms with Gasteiger partial charge in [-0.3, -0.25) is 9.59 Å². The average Bonchev–Trinajstić information content (AvgIpc) is 2.99. The fraction of sp³-hybridized carbons (Fsp3) is 0.250. The molecule has 116 valence electrons. The van der Waals surface area contributed by atoms with Gasteiger partial charge in [-0.15, -0.1) is 0 Å². The molecule has 0 atom stereocenters. The summed E-state index contributed by atoms with van der Waals surface area (Å²) in [5.74, 6) is -0.500. The number of anilines is 1. The SMILES string of the molecule is CC(C)(N)CNC(=O)c1ccccc1NC(=O)c1ccsc1. The third-order valence-corrected chi connectivity index (χ3v) is 3.59. The number of carbonyl (C=O) groups excluding carboxylic acids is 2. The molecule has 0 radical (unpaired) electrons. The molecule has 0 spiro atoms. The van der Waals surface area contributed by atoms with Gasteiger partial charge in [-0.2, -0.15) is 11.3 Å². The Morgan fingerprint density at radius 1 is 1.18 bits per heavy atom. The van der Waals surface area contributed by atoms with Crippen LogP contribution in [-0.2, 0) is 0 Å². The molecule has 22 heavy (non-hydrogen) atoms. The minimum absolute atomic E-state index is 0.236. The first-order valence-electron chi connectivity index (χ1n) is 6.86. The van der Waals surface area contributed by atoms with Crippen molar-refractivity contribution in [1.82, 2.24) is 5.32 Å². The summed E-state index contributed by atoms with van der Waals surface area (Å²) >= 11 is 1.45. The minimum Gasteiger partial charge on any atom is -0.350 e. The molecule has 1 aromatic heterocycles. The van der Waals surface area contributed by atoms with Crippen LogP contribution in [0.25, 0.3) is 0 Å². The van der Waals surface area contributed by atoms with Crippen LogP contribution in [0.3, 0.4) is 0 Å². The van der Waals surface area contributed by atoms with E-state index in [2.05, 4.69) is 10.6 Å². The predicted octanol–water partition coefficient (Wildman–Crippen LogP) is 2.47. The molecular weight excluding hydrogens is 298 g/mol. The maximum Gasteiger partial charge on any atom is 0.256 e. The number of thiophene rings is 1. The summed E-state index contributed by atoms with van der Waals surface area (Å²) in [4.78, 5) is 24.4. The lowest BCUT2D eigenvalue weighted by atomic mass is 10.1. The van der Waals surface area contributed by atoms with E-state index in [0.29, 0.717) is 23.4 Å². The highest BCUT2D eigenvalue weighted by Gasteiger charge is 2.17. The summed E-state index contributed by atoms with van der Waals surface area (Å²) in [5, 5.41) is 9.13. The second kappa shape index (κ2) is 6.72. The van der Waals surface area contributed by atoms with Crippen molar-refractivity contribution in [2.45, 2.75) is 19.4 Å². The topological polar surface area (TPSA) is 84.2 Å². The molecule has 4 N–H and O–H groups in total. The quantitative estimate of drug-likeness (QED) is 0.792. The lowest BCUT2D eigenvalue weighted by Gasteiger charge is -2.19. The van der Waals surface area contributed by atoms with Crippen LogP contribution < -0.4 is 16.4 Å². The molecule has 0 saturated heterocycles. The summed E-state index contributed by atoms with van der Waals surface area (Å²) in [5.41, 5.74) is 6.83. The van der Waals surface area contributed by atoms with E-state index < -0.39 is 5.54 Å². The summed E-state index contributed by atoms with van der Waals surface area (Å²) in [6, 6.07) is 8.63. The zero-order chi connectivity index (χ0) is 16.2. The van der Waals surface area contributed by atoms with Crippen LogP contribution in [0, 0.1) is 0 Å². The smallest absolute Gasteiger partial charge is 0.256 e. The zero-order valence-corrected chi connectivity index (χ0v) is 13.4. The Bertz CT molecular complexity index is 660. The number of amides is 2. The molecule has 2 amide bonds. The van der Waals surface area contributed by atoms with Gasteiger partial charge >= 0.3 is 0 Å². The first-order chi connectivity index (χ1) is 10.4. The molecule has 1 aromatic carbocycles. The highest BCUT2D eigenvalue weighted by Crippen LogP contribution is 2.17. The molecule has 0 bridgehead atoms.